The molecule has 0 aromatic heterocycles. The van der Waals surface area contributed by atoms with Gasteiger partial charge in [0.15, 0.2) is 0 Å². The second-order valence-corrected chi connectivity index (χ2v) is 3.13. The molecule has 0 heterocycles. The second-order valence-electron chi connectivity index (χ2n) is 3.13. The fourth-order valence-corrected chi connectivity index (χ4v) is 0.916. The van der Waals surface area contributed by atoms with Crippen LogP contribution in [0.1, 0.15) is 6.42 Å². The number of carbonyl (C=O) groups is 1. The van der Waals surface area contributed by atoms with Gasteiger partial charge >= 0.3 is 0 Å². The molecule has 0 aliphatic heterocycles. The number of aliphatic hydroxyl groups excluding tert-OH is 2. The van der Waals surface area contributed by atoms with Crippen molar-refractivity contribution in [3.63, 3.8) is 0 Å². The standard InChI is InChI=1S/C9H20N2O4/c1-15-5-4-11-9(14)2-3-10-6-8(13)7-12/h8,10,12-13H,2-7H2,1H3,(H,11,14). The van der Waals surface area contributed by atoms with Crippen molar-refractivity contribution in [1.29, 1.82) is 0 Å². The molecule has 90 valence electrons. The average molecular weight is 220 g/mol. The van der Waals surface area contributed by atoms with Crippen molar-refractivity contribution in [2.75, 3.05) is 40.0 Å². The zero-order chi connectivity index (χ0) is 11.5. The van der Waals surface area contributed by atoms with Gasteiger partial charge in [-0.2, -0.15) is 0 Å². The average Bonchev–Trinajstić information content (AvgIpc) is 2.24. The van der Waals surface area contributed by atoms with Gasteiger partial charge in [-0.3, -0.25) is 4.79 Å². The van der Waals surface area contributed by atoms with E-state index in [9.17, 15) is 4.79 Å². The van der Waals surface area contributed by atoms with Crippen molar-refractivity contribution < 1.29 is 19.7 Å². The van der Waals surface area contributed by atoms with Crippen molar-refractivity contribution in [3.05, 3.63) is 0 Å². The summed E-state index contributed by atoms with van der Waals surface area (Å²) in [6.45, 7) is 1.52. The van der Waals surface area contributed by atoms with Crippen LogP contribution in [0.15, 0.2) is 0 Å². The molecule has 0 saturated heterocycles. The first-order valence-corrected chi connectivity index (χ1v) is 4.96. The van der Waals surface area contributed by atoms with Crippen LogP contribution in [-0.2, 0) is 9.53 Å². The summed E-state index contributed by atoms with van der Waals surface area (Å²) in [7, 11) is 1.57. The number of hydrogen-bond acceptors (Lipinski definition) is 5. The lowest BCUT2D eigenvalue weighted by Gasteiger charge is -2.08. The number of aliphatic hydroxyl groups is 2. The van der Waals surface area contributed by atoms with Crippen molar-refractivity contribution in [2.24, 2.45) is 0 Å². The highest BCUT2D eigenvalue weighted by molar-refractivity contribution is 5.75. The summed E-state index contributed by atoms with van der Waals surface area (Å²) in [5, 5.41) is 23.0. The van der Waals surface area contributed by atoms with Gasteiger partial charge in [0.2, 0.25) is 5.91 Å². The van der Waals surface area contributed by atoms with Gasteiger partial charge in [-0.05, 0) is 0 Å². The van der Waals surface area contributed by atoms with Crippen LogP contribution in [0.5, 0.6) is 0 Å². The molecular formula is C9H20N2O4. The maximum atomic E-state index is 11.1. The van der Waals surface area contributed by atoms with E-state index in [0.29, 0.717) is 32.7 Å². The molecule has 0 spiro atoms. The minimum Gasteiger partial charge on any atom is -0.394 e. The minimum atomic E-state index is -0.762. The zero-order valence-electron chi connectivity index (χ0n) is 9.03. The Morgan fingerprint density at radius 3 is 2.80 bits per heavy atom. The van der Waals surface area contributed by atoms with Crippen LogP contribution < -0.4 is 10.6 Å². The lowest BCUT2D eigenvalue weighted by molar-refractivity contribution is -0.121. The van der Waals surface area contributed by atoms with E-state index in [0.717, 1.165) is 0 Å². The Balaban J connectivity index is 3.23. The van der Waals surface area contributed by atoms with Crippen LogP contribution >= 0.6 is 0 Å². The molecular weight excluding hydrogens is 200 g/mol. The van der Waals surface area contributed by atoms with Gasteiger partial charge in [0.25, 0.3) is 0 Å². The van der Waals surface area contributed by atoms with Crippen LogP contribution in [0.25, 0.3) is 0 Å². The lowest BCUT2D eigenvalue weighted by Crippen LogP contribution is -2.33. The minimum absolute atomic E-state index is 0.0574. The predicted molar refractivity (Wildman–Crippen MR) is 55.5 cm³/mol. The summed E-state index contributed by atoms with van der Waals surface area (Å²) < 4.78 is 4.77. The summed E-state index contributed by atoms with van der Waals surface area (Å²) in [6.07, 6.45) is -0.413. The molecule has 0 saturated carbocycles. The molecule has 6 heteroatoms. The number of hydrogen-bond donors (Lipinski definition) is 4. The number of carbonyl (C=O) groups excluding carboxylic acids is 1. The van der Waals surface area contributed by atoms with Crippen molar-refractivity contribution >= 4 is 5.91 Å². The highest BCUT2D eigenvalue weighted by Crippen LogP contribution is 1.80. The quantitative estimate of drug-likeness (QED) is 0.340. The summed E-state index contributed by atoms with van der Waals surface area (Å²) in [5.74, 6) is -0.0574. The first kappa shape index (κ1) is 14.3. The van der Waals surface area contributed by atoms with Gasteiger partial charge in [-0.1, -0.05) is 0 Å². The Kier molecular flexibility index (Phi) is 9.40. The summed E-state index contributed by atoms with van der Waals surface area (Å²) >= 11 is 0. The highest BCUT2D eigenvalue weighted by atomic mass is 16.5. The van der Waals surface area contributed by atoms with E-state index in [1.165, 1.54) is 0 Å². The molecule has 0 bridgehead atoms. The van der Waals surface area contributed by atoms with Gasteiger partial charge < -0.3 is 25.6 Å². The number of amides is 1. The molecule has 1 amide bonds. The molecule has 1 atom stereocenters. The van der Waals surface area contributed by atoms with E-state index >= 15 is 0 Å². The predicted octanol–water partition coefficient (Wildman–Crippen LogP) is -1.92. The molecule has 0 aromatic carbocycles. The topological polar surface area (TPSA) is 90.8 Å². The van der Waals surface area contributed by atoms with Crippen molar-refractivity contribution in [1.82, 2.24) is 10.6 Å². The first-order chi connectivity index (χ1) is 7.20. The van der Waals surface area contributed by atoms with Gasteiger partial charge in [0.05, 0.1) is 19.3 Å². The third-order valence-corrected chi connectivity index (χ3v) is 1.75. The molecule has 0 radical (unpaired) electrons. The van der Waals surface area contributed by atoms with Gasteiger partial charge in [0.1, 0.15) is 0 Å². The molecule has 6 nitrogen and oxygen atoms in total. The smallest absolute Gasteiger partial charge is 0.221 e. The van der Waals surface area contributed by atoms with E-state index in [1.807, 2.05) is 0 Å². The summed E-state index contributed by atoms with van der Waals surface area (Å²) in [5.41, 5.74) is 0. The van der Waals surface area contributed by atoms with Crippen molar-refractivity contribution in [2.45, 2.75) is 12.5 Å². The number of ether oxygens (including phenoxy) is 1. The van der Waals surface area contributed by atoms with Gasteiger partial charge in [0, 0.05) is 33.2 Å². The summed E-state index contributed by atoms with van der Waals surface area (Å²) in [6, 6.07) is 0. The Hall–Kier alpha value is -0.690. The van der Waals surface area contributed by atoms with E-state index in [1.54, 1.807) is 7.11 Å². The molecule has 0 fully saturated rings. The molecule has 0 aliphatic rings. The Morgan fingerprint density at radius 1 is 1.47 bits per heavy atom. The monoisotopic (exact) mass is 220 g/mol. The fraction of sp³-hybridized carbons (Fsp3) is 0.889. The van der Waals surface area contributed by atoms with E-state index in [4.69, 9.17) is 14.9 Å². The third-order valence-electron chi connectivity index (χ3n) is 1.75. The Morgan fingerprint density at radius 2 is 2.20 bits per heavy atom. The van der Waals surface area contributed by atoms with Crippen LogP contribution in [-0.4, -0.2) is 62.2 Å². The van der Waals surface area contributed by atoms with Crippen LogP contribution in [0.2, 0.25) is 0 Å². The summed E-state index contributed by atoms with van der Waals surface area (Å²) in [4.78, 5) is 11.1. The molecule has 0 rings (SSSR count). The maximum absolute atomic E-state index is 11.1. The maximum Gasteiger partial charge on any atom is 0.221 e. The van der Waals surface area contributed by atoms with E-state index in [-0.39, 0.29) is 12.5 Å². The number of nitrogens with one attached hydrogen (secondary N) is 2. The van der Waals surface area contributed by atoms with E-state index in [2.05, 4.69) is 10.6 Å². The van der Waals surface area contributed by atoms with Crippen LogP contribution in [0.4, 0.5) is 0 Å². The SMILES string of the molecule is COCCNC(=O)CCNCC(O)CO. The van der Waals surface area contributed by atoms with Gasteiger partial charge in [-0.15, -0.1) is 0 Å². The normalized spacial score (nSPS) is 12.5. The zero-order valence-corrected chi connectivity index (χ0v) is 9.03. The number of methoxy groups -OCH3 is 1. The molecule has 4 N–H and O–H groups in total. The van der Waals surface area contributed by atoms with E-state index < -0.39 is 6.10 Å². The highest BCUT2D eigenvalue weighted by Gasteiger charge is 2.02. The van der Waals surface area contributed by atoms with Gasteiger partial charge in [-0.25, -0.2) is 0 Å². The lowest BCUT2D eigenvalue weighted by atomic mass is 10.3. The van der Waals surface area contributed by atoms with Crippen molar-refractivity contribution in [3.8, 4) is 0 Å². The second kappa shape index (κ2) is 9.85. The molecule has 0 aromatic rings. The fourth-order valence-electron chi connectivity index (χ4n) is 0.916. The molecule has 15 heavy (non-hydrogen) atoms. The first-order valence-electron chi connectivity index (χ1n) is 4.96. The Bertz CT molecular complexity index is 166. The number of rotatable bonds is 9. The third kappa shape index (κ3) is 9.61. The largest absolute Gasteiger partial charge is 0.394 e. The molecule has 0 aliphatic carbocycles. The van der Waals surface area contributed by atoms with Crippen LogP contribution in [0, 0.1) is 0 Å². The Labute approximate surface area is 89.6 Å². The van der Waals surface area contributed by atoms with Crippen LogP contribution in [0.3, 0.4) is 0 Å². The molecule has 1 unspecified atom stereocenters.